The van der Waals surface area contributed by atoms with Crippen LogP contribution in [0.15, 0.2) is 54.6 Å². The summed E-state index contributed by atoms with van der Waals surface area (Å²) in [5.74, 6) is -0.610. The summed E-state index contributed by atoms with van der Waals surface area (Å²) in [6.45, 7) is 0. The number of carbonyl (C=O) groups is 1. The molecule has 0 saturated heterocycles. The summed E-state index contributed by atoms with van der Waals surface area (Å²) in [5, 5.41) is 14.7. The Labute approximate surface area is 126 Å². The summed E-state index contributed by atoms with van der Waals surface area (Å²) in [5.41, 5.74) is 0.658. The molecule has 0 spiro atoms. The van der Waals surface area contributed by atoms with Gasteiger partial charge in [0.05, 0.1) is 16.3 Å². The number of hydrogen-bond donors (Lipinski definition) is 2. The van der Waals surface area contributed by atoms with Crippen LogP contribution in [0.2, 0.25) is 5.02 Å². The number of amides is 1. The van der Waals surface area contributed by atoms with Crippen LogP contribution in [0.1, 0.15) is 10.4 Å². The molecule has 3 aromatic rings. The highest BCUT2D eigenvalue weighted by Crippen LogP contribution is 2.26. The predicted octanol–water partition coefficient (Wildman–Crippen LogP) is 4.25. The maximum Gasteiger partial charge on any atom is 0.259 e. The lowest BCUT2D eigenvalue weighted by molar-refractivity contribution is 0.102. The van der Waals surface area contributed by atoms with Crippen molar-refractivity contribution in [1.29, 1.82) is 0 Å². The van der Waals surface area contributed by atoms with Crippen molar-refractivity contribution < 1.29 is 9.90 Å². The van der Waals surface area contributed by atoms with Gasteiger partial charge in [-0.1, -0.05) is 48.0 Å². The smallest absolute Gasteiger partial charge is 0.259 e. The minimum absolute atomic E-state index is 0.161. The van der Waals surface area contributed by atoms with Gasteiger partial charge in [-0.3, -0.25) is 4.79 Å². The summed E-state index contributed by atoms with van der Waals surface area (Å²) in [7, 11) is 0. The van der Waals surface area contributed by atoms with Gasteiger partial charge in [-0.2, -0.15) is 0 Å². The molecular formula is C17H11ClNO2. The molecule has 3 nitrogen and oxygen atoms in total. The van der Waals surface area contributed by atoms with Gasteiger partial charge in [-0.05, 0) is 29.0 Å². The van der Waals surface area contributed by atoms with Crippen LogP contribution in [-0.2, 0) is 0 Å². The third kappa shape index (κ3) is 2.69. The van der Waals surface area contributed by atoms with Gasteiger partial charge < -0.3 is 10.4 Å². The van der Waals surface area contributed by atoms with Crippen molar-refractivity contribution in [2.75, 3.05) is 5.32 Å². The first-order valence-corrected chi connectivity index (χ1v) is 6.73. The highest BCUT2D eigenvalue weighted by Gasteiger charge is 2.14. The van der Waals surface area contributed by atoms with Crippen LogP contribution in [0, 0.1) is 6.07 Å². The maximum absolute atomic E-state index is 12.3. The summed E-state index contributed by atoms with van der Waals surface area (Å²) in [4.78, 5) is 12.3. The molecular weight excluding hydrogens is 286 g/mol. The average Bonchev–Trinajstić information content (AvgIpc) is 2.49. The van der Waals surface area contributed by atoms with Gasteiger partial charge in [0, 0.05) is 6.07 Å². The molecule has 0 aromatic heterocycles. The van der Waals surface area contributed by atoms with Gasteiger partial charge >= 0.3 is 0 Å². The Morgan fingerprint density at radius 1 is 1.10 bits per heavy atom. The largest absolute Gasteiger partial charge is 0.506 e. The molecule has 1 amide bonds. The van der Waals surface area contributed by atoms with E-state index in [4.69, 9.17) is 11.6 Å². The fourth-order valence-electron chi connectivity index (χ4n) is 2.08. The Morgan fingerprint density at radius 2 is 1.81 bits per heavy atom. The molecule has 1 radical (unpaired) electrons. The van der Waals surface area contributed by atoms with E-state index in [1.807, 2.05) is 24.3 Å². The predicted molar refractivity (Wildman–Crippen MR) is 83.9 cm³/mol. The van der Waals surface area contributed by atoms with Crippen LogP contribution in [0.3, 0.4) is 0 Å². The fourth-order valence-corrected chi connectivity index (χ4v) is 2.26. The Hall–Kier alpha value is -2.52. The van der Waals surface area contributed by atoms with E-state index in [9.17, 15) is 9.90 Å². The topological polar surface area (TPSA) is 49.3 Å². The number of halogens is 1. The standard InChI is InChI=1S/C17H11ClNO2/c18-14-7-3-4-8-15(14)19-17(21)13-9-11-5-1-2-6-12(11)10-16(13)20/h1-9,20H,(H,19,21). The van der Waals surface area contributed by atoms with Crippen LogP contribution < -0.4 is 5.32 Å². The lowest BCUT2D eigenvalue weighted by Crippen LogP contribution is -2.12. The van der Waals surface area contributed by atoms with E-state index >= 15 is 0 Å². The molecule has 3 aromatic carbocycles. The van der Waals surface area contributed by atoms with Crippen molar-refractivity contribution in [3.8, 4) is 5.75 Å². The minimum Gasteiger partial charge on any atom is -0.506 e. The number of rotatable bonds is 2. The van der Waals surface area contributed by atoms with Crippen LogP contribution >= 0.6 is 11.6 Å². The first kappa shape index (κ1) is 13.5. The maximum atomic E-state index is 12.3. The van der Waals surface area contributed by atoms with Crippen molar-refractivity contribution >= 4 is 34.0 Å². The van der Waals surface area contributed by atoms with E-state index in [1.165, 1.54) is 0 Å². The van der Waals surface area contributed by atoms with Crippen molar-refractivity contribution in [1.82, 2.24) is 0 Å². The molecule has 0 aliphatic rings. The van der Waals surface area contributed by atoms with Crippen molar-refractivity contribution in [2.24, 2.45) is 0 Å². The van der Waals surface area contributed by atoms with Gasteiger partial charge in [-0.25, -0.2) is 0 Å². The zero-order valence-corrected chi connectivity index (χ0v) is 11.7. The molecule has 21 heavy (non-hydrogen) atoms. The number of hydrogen-bond acceptors (Lipinski definition) is 2. The molecule has 4 heteroatoms. The first-order chi connectivity index (χ1) is 10.1. The molecule has 0 fully saturated rings. The van der Waals surface area contributed by atoms with E-state index in [0.29, 0.717) is 10.7 Å². The Morgan fingerprint density at radius 3 is 2.62 bits per heavy atom. The summed E-state index contributed by atoms with van der Waals surface area (Å²) in [6, 6.07) is 18.8. The number of phenols is 1. The van der Waals surface area contributed by atoms with Crippen molar-refractivity contribution in [3.63, 3.8) is 0 Å². The molecule has 0 atom stereocenters. The van der Waals surface area contributed by atoms with Crippen molar-refractivity contribution in [2.45, 2.75) is 0 Å². The SMILES string of the molecule is O=C(Nc1ccccc1Cl)c1cc2ccccc2[c]c1O. The van der Waals surface area contributed by atoms with Gasteiger partial charge in [-0.15, -0.1) is 0 Å². The number of benzene rings is 3. The van der Waals surface area contributed by atoms with Gasteiger partial charge in [0.25, 0.3) is 5.91 Å². The van der Waals surface area contributed by atoms with E-state index in [-0.39, 0.29) is 11.3 Å². The molecule has 0 saturated carbocycles. The highest BCUT2D eigenvalue weighted by molar-refractivity contribution is 6.34. The molecule has 2 N–H and O–H groups in total. The highest BCUT2D eigenvalue weighted by atomic mass is 35.5. The molecule has 3 rings (SSSR count). The molecule has 0 unspecified atom stereocenters. The number of phenolic OH excluding ortho intramolecular Hbond substituents is 1. The number of aromatic hydroxyl groups is 1. The quantitative estimate of drug-likeness (QED) is 0.742. The molecule has 103 valence electrons. The Bertz CT molecular complexity index is 830. The van der Waals surface area contributed by atoms with E-state index in [0.717, 1.165) is 10.8 Å². The number of para-hydroxylation sites is 1. The van der Waals surface area contributed by atoms with E-state index in [2.05, 4.69) is 11.4 Å². The third-order valence-electron chi connectivity index (χ3n) is 3.14. The Kier molecular flexibility index (Phi) is 3.50. The van der Waals surface area contributed by atoms with E-state index < -0.39 is 5.91 Å². The summed E-state index contributed by atoms with van der Waals surface area (Å²) < 4.78 is 0. The van der Waals surface area contributed by atoms with Gasteiger partial charge in [0.15, 0.2) is 0 Å². The average molecular weight is 297 g/mol. The fraction of sp³-hybridized carbons (Fsp3) is 0. The molecule has 0 bridgehead atoms. The van der Waals surface area contributed by atoms with Crippen LogP contribution in [0.4, 0.5) is 5.69 Å². The van der Waals surface area contributed by atoms with Gasteiger partial charge in [0.2, 0.25) is 0 Å². The second-order valence-corrected chi connectivity index (χ2v) is 4.96. The minimum atomic E-state index is -0.428. The summed E-state index contributed by atoms with van der Waals surface area (Å²) >= 11 is 6.01. The number of carbonyl (C=O) groups excluding carboxylic acids is 1. The van der Waals surface area contributed by atoms with Crippen molar-refractivity contribution in [3.05, 3.63) is 71.2 Å². The first-order valence-electron chi connectivity index (χ1n) is 6.35. The monoisotopic (exact) mass is 296 g/mol. The van der Waals surface area contributed by atoms with E-state index in [1.54, 1.807) is 30.3 Å². The third-order valence-corrected chi connectivity index (χ3v) is 3.47. The molecule has 0 aliphatic carbocycles. The van der Waals surface area contributed by atoms with Crippen LogP contribution in [-0.4, -0.2) is 11.0 Å². The zero-order valence-electron chi connectivity index (χ0n) is 10.9. The second-order valence-electron chi connectivity index (χ2n) is 4.55. The Balaban J connectivity index is 1.98. The number of nitrogens with one attached hydrogen (secondary N) is 1. The normalized spacial score (nSPS) is 10.5. The number of fused-ring (bicyclic) bond motifs is 1. The zero-order chi connectivity index (χ0) is 14.8. The second kappa shape index (κ2) is 5.46. The lowest BCUT2D eigenvalue weighted by atomic mass is 10.1. The number of anilines is 1. The van der Waals surface area contributed by atoms with Crippen LogP contribution in [0.5, 0.6) is 5.75 Å². The lowest BCUT2D eigenvalue weighted by Gasteiger charge is -2.09. The van der Waals surface area contributed by atoms with Crippen LogP contribution in [0.25, 0.3) is 10.8 Å². The molecule has 0 aliphatic heterocycles. The summed E-state index contributed by atoms with van der Waals surface area (Å²) in [6.07, 6.45) is 0. The molecule has 0 heterocycles. The van der Waals surface area contributed by atoms with Gasteiger partial charge in [0.1, 0.15) is 5.75 Å².